The summed E-state index contributed by atoms with van der Waals surface area (Å²) >= 11 is 0. The second-order valence-corrected chi connectivity index (χ2v) is 3.86. The van der Waals surface area contributed by atoms with Crippen LogP contribution in [-0.4, -0.2) is 21.1 Å². The molecule has 3 rings (SSSR count). The van der Waals surface area contributed by atoms with E-state index >= 15 is 0 Å². The van der Waals surface area contributed by atoms with Crippen LogP contribution in [0.5, 0.6) is 0 Å². The monoisotopic (exact) mass is 238 g/mol. The predicted molar refractivity (Wildman–Crippen MR) is 68.3 cm³/mol. The van der Waals surface area contributed by atoms with Gasteiger partial charge >= 0.3 is 0 Å². The zero-order chi connectivity index (χ0) is 12.4. The van der Waals surface area contributed by atoms with Crippen LogP contribution < -0.4 is 5.32 Å². The molecule has 0 spiro atoms. The van der Waals surface area contributed by atoms with Gasteiger partial charge in [0.2, 0.25) is 0 Å². The maximum absolute atomic E-state index is 12.0. The number of aromatic amines is 1. The Morgan fingerprint density at radius 3 is 2.83 bits per heavy atom. The first kappa shape index (κ1) is 10.5. The van der Waals surface area contributed by atoms with E-state index in [0.29, 0.717) is 5.56 Å². The summed E-state index contributed by atoms with van der Waals surface area (Å²) in [6, 6.07) is 8.90. The molecule has 18 heavy (non-hydrogen) atoms. The zero-order valence-electron chi connectivity index (χ0n) is 9.42. The van der Waals surface area contributed by atoms with E-state index in [9.17, 15) is 4.79 Å². The number of carbonyl (C=O) groups is 1. The minimum atomic E-state index is -0.155. The molecule has 0 aliphatic rings. The third-order valence-corrected chi connectivity index (χ3v) is 2.64. The molecular formula is C13H10N4O. The molecule has 1 amide bonds. The smallest absolute Gasteiger partial charge is 0.255 e. The summed E-state index contributed by atoms with van der Waals surface area (Å²) < 4.78 is 0. The number of pyridine rings is 1. The van der Waals surface area contributed by atoms with Crippen LogP contribution in [0.15, 0.2) is 48.9 Å². The molecule has 0 unspecified atom stereocenters. The molecule has 0 saturated carbocycles. The third kappa shape index (κ3) is 1.93. The average molecular weight is 238 g/mol. The van der Waals surface area contributed by atoms with Gasteiger partial charge in [-0.2, -0.15) is 5.10 Å². The molecular weight excluding hydrogens is 228 g/mol. The van der Waals surface area contributed by atoms with Crippen LogP contribution in [0.3, 0.4) is 0 Å². The molecule has 0 fully saturated rings. The first-order valence-electron chi connectivity index (χ1n) is 5.47. The molecule has 0 aliphatic carbocycles. The maximum atomic E-state index is 12.0. The molecule has 0 atom stereocenters. The van der Waals surface area contributed by atoms with E-state index in [2.05, 4.69) is 20.5 Å². The van der Waals surface area contributed by atoms with E-state index in [0.717, 1.165) is 16.6 Å². The molecule has 0 saturated heterocycles. The van der Waals surface area contributed by atoms with E-state index in [-0.39, 0.29) is 5.91 Å². The predicted octanol–water partition coefficient (Wildman–Crippen LogP) is 2.21. The van der Waals surface area contributed by atoms with Gasteiger partial charge in [0, 0.05) is 29.0 Å². The summed E-state index contributed by atoms with van der Waals surface area (Å²) in [5.74, 6) is -0.155. The lowest BCUT2D eigenvalue weighted by molar-refractivity contribution is 0.102. The number of aromatic nitrogens is 3. The lowest BCUT2D eigenvalue weighted by Gasteiger charge is -2.04. The number of rotatable bonds is 2. The van der Waals surface area contributed by atoms with Crippen LogP contribution in [-0.2, 0) is 0 Å². The Labute approximate surface area is 103 Å². The molecule has 5 nitrogen and oxygen atoms in total. The third-order valence-electron chi connectivity index (χ3n) is 2.64. The highest BCUT2D eigenvalue weighted by Crippen LogP contribution is 2.14. The number of anilines is 1. The van der Waals surface area contributed by atoms with Crippen molar-refractivity contribution in [2.24, 2.45) is 0 Å². The van der Waals surface area contributed by atoms with Crippen LogP contribution in [0.1, 0.15) is 10.4 Å². The van der Waals surface area contributed by atoms with Gasteiger partial charge in [-0.15, -0.1) is 0 Å². The van der Waals surface area contributed by atoms with E-state index < -0.39 is 0 Å². The Kier molecular flexibility index (Phi) is 2.49. The van der Waals surface area contributed by atoms with Crippen molar-refractivity contribution in [1.82, 2.24) is 15.2 Å². The molecule has 0 radical (unpaired) electrons. The van der Waals surface area contributed by atoms with Gasteiger partial charge in [-0.3, -0.25) is 14.9 Å². The standard InChI is InChI=1S/C13H10N4O/c18-13(16-11-3-5-14-6-4-11)9-1-2-10-8-15-17-12(10)7-9/h1-8H,(H,15,17)(H,14,16,18). The summed E-state index contributed by atoms with van der Waals surface area (Å²) in [5.41, 5.74) is 2.15. The maximum Gasteiger partial charge on any atom is 0.255 e. The number of H-pyrrole nitrogens is 1. The van der Waals surface area contributed by atoms with Gasteiger partial charge in [0.05, 0.1) is 11.7 Å². The van der Waals surface area contributed by atoms with Gasteiger partial charge < -0.3 is 5.32 Å². The van der Waals surface area contributed by atoms with Crippen molar-refractivity contribution in [2.45, 2.75) is 0 Å². The summed E-state index contributed by atoms with van der Waals surface area (Å²) in [7, 11) is 0. The van der Waals surface area contributed by atoms with Crippen LogP contribution in [0.4, 0.5) is 5.69 Å². The molecule has 2 aromatic heterocycles. The number of amides is 1. The summed E-state index contributed by atoms with van der Waals surface area (Å²) in [4.78, 5) is 15.9. The highest BCUT2D eigenvalue weighted by molar-refractivity contribution is 6.06. The van der Waals surface area contributed by atoms with Crippen molar-refractivity contribution < 1.29 is 4.79 Å². The molecule has 0 bridgehead atoms. The normalized spacial score (nSPS) is 10.4. The number of benzene rings is 1. The fraction of sp³-hybridized carbons (Fsp3) is 0. The fourth-order valence-electron chi connectivity index (χ4n) is 1.72. The summed E-state index contributed by atoms with van der Waals surface area (Å²) in [6.07, 6.45) is 4.99. The topological polar surface area (TPSA) is 70.7 Å². The van der Waals surface area contributed by atoms with Gasteiger partial charge in [-0.25, -0.2) is 0 Å². The molecule has 1 aromatic carbocycles. The summed E-state index contributed by atoms with van der Waals surface area (Å²) in [6.45, 7) is 0. The molecule has 2 heterocycles. The molecule has 2 N–H and O–H groups in total. The second-order valence-electron chi connectivity index (χ2n) is 3.86. The highest BCUT2D eigenvalue weighted by atomic mass is 16.1. The minimum absolute atomic E-state index is 0.155. The van der Waals surface area contributed by atoms with Crippen molar-refractivity contribution in [2.75, 3.05) is 5.32 Å². The largest absolute Gasteiger partial charge is 0.322 e. The van der Waals surface area contributed by atoms with Crippen molar-refractivity contribution in [3.8, 4) is 0 Å². The fourth-order valence-corrected chi connectivity index (χ4v) is 1.72. The van der Waals surface area contributed by atoms with Crippen LogP contribution in [0, 0.1) is 0 Å². The van der Waals surface area contributed by atoms with Gasteiger partial charge in [0.1, 0.15) is 0 Å². The van der Waals surface area contributed by atoms with Gasteiger partial charge in [-0.05, 0) is 24.3 Å². The minimum Gasteiger partial charge on any atom is -0.322 e. The van der Waals surface area contributed by atoms with E-state index in [1.165, 1.54) is 0 Å². The lowest BCUT2D eigenvalue weighted by atomic mass is 10.1. The van der Waals surface area contributed by atoms with Gasteiger partial charge in [-0.1, -0.05) is 6.07 Å². The Balaban J connectivity index is 1.87. The number of nitrogens with one attached hydrogen (secondary N) is 2. The Bertz CT molecular complexity index is 690. The Morgan fingerprint density at radius 1 is 1.17 bits per heavy atom. The Hall–Kier alpha value is -2.69. The first-order chi connectivity index (χ1) is 8.83. The number of carbonyl (C=O) groups excluding carboxylic acids is 1. The van der Waals surface area contributed by atoms with Gasteiger partial charge in [0.15, 0.2) is 0 Å². The van der Waals surface area contributed by atoms with Crippen LogP contribution in [0.25, 0.3) is 10.9 Å². The zero-order valence-corrected chi connectivity index (χ0v) is 9.42. The first-order valence-corrected chi connectivity index (χ1v) is 5.47. The van der Waals surface area contributed by atoms with Crippen LogP contribution in [0.2, 0.25) is 0 Å². The number of hydrogen-bond acceptors (Lipinski definition) is 3. The lowest BCUT2D eigenvalue weighted by Crippen LogP contribution is -2.11. The van der Waals surface area contributed by atoms with Crippen molar-refractivity contribution in [1.29, 1.82) is 0 Å². The second kappa shape index (κ2) is 4.29. The van der Waals surface area contributed by atoms with E-state index in [1.807, 2.05) is 6.07 Å². The SMILES string of the molecule is O=C(Nc1ccncc1)c1ccc2cn[nH]c2c1. The number of nitrogens with zero attached hydrogens (tertiary/aromatic N) is 2. The molecule has 3 aromatic rings. The number of fused-ring (bicyclic) bond motifs is 1. The summed E-state index contributed by atoms with van der Waals surface area (Å²) in [5, 5.41) is 10.5. The van der Waals surface area contributed by atoms with Gasteiger partial charge in [0.25, 0.3) is 5.91 Å². The quantitative estimate of drug-likeness (QED) is 0.719. The molecule has 88 valence electrons. The average Bonchev–Trinajstić information content (AvgIpc) is 2.87. The van der Waals surface area contributed by atoms with Crippen molar-refractivity contribution in [3.05, 3.63) is 54.5 Å². The van der Waals surface area contributed by atoms with Crippen molar-refractivity contribution >= 4 is 22.5 Å². The number of hydrogen-bond donors (Lipinski definition) is 2. The Morgan fingerprint density at radius 2 is 2.00 bits per heavy atom. The molecule has 0 aliphatic heterocycles. The van der Waals surface area contributed by atoms with Crippen LogP contribution >= 0.6 is 0 Å². The van der Waals surface area contributed by atoms with Crippen molar-refractivity contribution in [3.63, 3.8) is 0 Å². The highest BCUT2D eigenvalue weighted by Gasteiger charge is 2.07. The van der Waals surface area contributed by atoms with E-state index in [1.54, 1.807) is 42.9 Å². The molecule has 5 heteroatoms. The van der Waals surface area contributed by atoms with E-state index in [4.69, 9.17) is 0 Å².